The van der Waals surface area contributed by atoms with Crippen molar-refractivity contribution in [2.75, 3.05) is 0 Å². The average molecular weight is 335 g/mol. The molecule has 0 saturated carbocycles. The third-order valence-corrected chi connectivity index (χ3v) is 4.05. The second kappa shape index (κ2) is 6.60. The Hall–Kier alpha value is -3.41. The van der Waals surface area contributed by atoms with E-state index in [4.69, 9.17) is 0 Å². The van der Waals surface area contributed by atoms with E-state index < -0.39 is 5.97 Å². The lowest BCUT2D eigenvalue weighted by molar-refractivity contribution is 0.0697. The van der Waals surface area contributed by atoms with Crippen LogP contribution in [0, 0.1) is 6.92 Å². The first kappa shape index (κ1) is 16.4. The SMILES string of the molecule is Cc1c(N=Cc2ccccc2C(=O)O)c(=O)n(-c2ccccc2)n1C. The van der Waals surface area contributed by atoms with Gasteiger partial charge in [-0.05, 0) is 25.1 Å². The lowest BCUT2D eigenvalue weighted by Crippen LogP contribution is -2.19. The Morgan fingerprint density at radius 2 is 1.72 bits per heavy atom. The predicted octanol–water partition coefficient (Wildman–Crippen LogP) is 2.93. The number of para-hydroxylation sites is 1. The summed E-state index contributed by atoms with van der Waals surface area (Å²) in [6.45, 7) is 1.80. The minimum Gasteiger partial charge on any atom is -0.478 e. The van der Waals surface area contributed by atoms with Crippen LogP contribution in [0.5, 0.6) is 0 Å². The van der Waals surface area contributed by atoms with Gasteiger partial charge in [0.25, 0.3) is 5.56 Å². The minimum atomic E-state index is -1.03. The summed E-state index contributed by atoms with van der Waals surface area (Å²) >= 11 is 0. The normalized spacial score (nSPS) is 11.1. The Labute approximate surface area is 144 Å². The molecule has 0 aliphatic carbocycles. The van der Waals surface area contributed by atoms with Crippen LogP contribution in [-0.4, -0.2) is 26.7 Å². The fourth-order valence-electron chi connectivity index (χ4n) is 2.64. The smallest absolute Gasteiger partial charge is 0.336 e. The summed E-state index contributed by atoms with van der Waals surface area (Å²) in [4.78, 5) is 28.3. The topological polar surface area (TPSA) is 76.6 Å². The number of hydrogen-bond donors (Lipinski definition) is 1. The van der Waals surface area contributed by atoms with Crippen LogP contribution in [0.15, 0.2) is 64.4 Å². The first-order chi connectivity index (χ1) is 12.0. The Bertz CT molecular complexity index is 1010. The number of aromatic carboxylic acids is 1. The van der Waals surface area contributed by atoms with E-state index in [9.17, 15) is 14.7 Å². The number of aromatic nitrogens is 2. The molecule has 126 valence electrons. The van der Waals surface area contributed by atoms with E-state index in [1.807, 2.05) is 30.3 Å². The standard InChI is InChI=1S/C19H17N3O3/c1-13-17(20-12-14-8-6-7-11-16(14)19(24)25)18(23)22(21(13)2)15-9-4-3-5-10-15/h3-12H,1-2H3,(H,24,25). The Kier molecular flexibility index (Phi) is 4.35. The molecule has 1 N–H and O–H groups in total. The molecule has 25 heavy (non-hydrogen) atoms. The minimum absolute atomic E-state index is 0.142. The molecule has 6 heteroatoms. The molecule has 0 aliphatic rings. The summed E-state index contributed by atoms with van der Waals surface area (Å²) in [5.41, 5.74) is 2.05. The van der Waals surface area contributed by atoms with E-state index in [0.717, 1.165) is 5.69 Å². The molecule has 1 aromatic heterocycles. The van der Waals surface area contributed by atoms with Gasteiger partial charge in [0.1, 0.15) is 0 Å². The van der Waals surface area contributed by atoms with Gasteiger partial charge in [0, 0.05) is 18.8 Å². The quantitative estimate of drug-likeness (QED) is 0.745. The van der Waals surface area contributed by atoms with E-state index in [-0.39, 0.29) is 16.8 Å². The second-order valence-corrected chi connectivity index (χ2v) is 5.56. The highest BCUT2D eigenvalue weighted by Crippen LogP contribution is 2.17. The van der Waals surface area contributed by atoms with E-state index in [1.54, 1.807) is 36.9 Å². The number of carboxylic acid groups (broad SMARTS) is 1. The molecule has 0 saturated heterocycles. The van der Waals surface area contributed by atoms with Gasteiger partial charge in [-0.2, -0.15) is 0 Å². The van der Waals surface area contributed by atoms with Gasteiger partial charge in [-0.15, -0.1) is 0 Å². The van der Waals surface area contributed by atoms with Gasteiger partial charge in [0.05, 0.1) is 16.9 Å². The predicted molar refractivity (Wildman–Crippen MR) is 96.4 cm³/mol. The number of carbonyl (C=O) groups is 1. The molecule has 1 heterocycles. The molecule has 0 atom stereocenters. The lowest BCUT2D eigenvalue weighted by atomic mass is 10.1. The highest BCUT2D eigenvalue weighted by atomic mass is 16.4. The molecule has 0 fully saturated rings. The maximum atomic E-state index is 12.8. The molecule has 3 aromatic rings. The third kappa shape index (κ3) is 3.01. The summed E-state index contributed by atoms with van der Waals surface area (Å²) in [6, 6.07) is 15.8. The van der Waals surface area contributed by atoms with Gasteiger partial charge in [-0.25, -0.2) is 14.5 Å². The van der Waals surface area contributed by atoms with Gasteiger partial charge in [0.2, 0.25) is 0 Å². The van der Waals surface area contributed by atoms with Crippen molar-refractivity contribution < 1.29 is 9.90 Å². The van der Waals surface area contributed by atoms with Crippen molar-refractivity contribution in [2.45, 2.75) is 6.92 Å². The summed E-state index contributed by atoms with van der Waals surface area (Å²) in [7, 11) is 1.79. The van der Waals surface area contributed by atoms with Crippen molar-refractivity contribution in [3.63, 3.8) is 0 Å². The fourth-order valence-corrected chi connectivity index (χ4v) is 2.64. The highest BCUT2D eigenvalue weighted by molar-refractivity contribution is 5.98. The first-order valence-electron chi connectivity index (χ1n) is 7.71. The molecule has 0 unspecified atom stereocenters. The molecular weight excluding hydrogens is 318 g/mol. The summed E-state index contributed by atoms with van der Waals surface area (Å²) in [6.07, 6.45) is 1.42. The van der Waals surface area contributed by atoms with Crippen LogP contribution < -0.4 is 5.56 Å². The van der Waals surface area contributed by atoms with Gasteiger partial charge in [0.15, 0.2) is 5.69 Å². The van der Waals surface area contributed by atoms with Gasteiger partial charge in [-0.1, -0.05) is 36.4 Å². The van der Waals surface area contributed by atoms with Crippen LogP contribution in [0.1, 0.15) is 21.6 Å². The summed E-state index contributed by atoms with van der Waals surface area (Å²) < 4.78 is 3.26. The monoisotopic (exact) mass is 335 g/mol. The zero-order chi connectivity index (χ0) is 18.0. The maximum Gasteiger partial charge on any atom is 0.336 e. The van der Waals surface area contributed by atoms with Crippen molar-refractivity contribution in [3.8, 4) is 5.69 Å². The number of hydrogen-bond acceptors (Lipinski definition) is 3. The van der Waals surface area contributed by atoms with Gasteiger partial charge < -0.3 is 5.11 Å². The summed E-state index contributed by atoms with van der Waals surface area (Å²) in [5, 5.41) is 9.24. The van der Waals surface area contributed by atoms with Crippen LogP contribution in [-0.2, 0) is 7.05 Å². The van der Waals surface area contributed by atoms with E-state index >= 15 is 0 Å². The zero-order valence-corrected chi connectivity index (χ0v) is 13.9. The van der Waals surface area contributed by atoms with E-state index in [0.29, 0.717) is 11.3 Å². The number of rotatable bonds is 4. The van der Waals surface area contributed by atoms with Crippen molar-refractivity contribution >= 4 is 17.9 Å². The lowest BCUT2D eigenvalue weighted by Gasteiger charge is -2.07. The first-order valence-corrected chi connectivity index (χ1v) is 7.71. The van der Waals surface area contributed by atoms with Gasteiger partial charge >= 0.3 is 5.97 Å². The average Bonchev–Trinajstić information content (AvgIpc) is 2.83. The van der Waals surface area contributed by atoms with Crippen molar-refractivity contribution in [1.82, 2.24) is 9.36 Å². The maximum absolute atomic E-state index is 12.8. The molecule has 0 spiro atoms. The largest absolute Gasteiger partial charge is 0.478 e. The van der Waals surface area contributed by atoms with Crippen LogP contribution >= 0.6 is 0 Å². The molecule has 0 radical (unpaired) electrons. The Balaban J connectivity index is 2.09. The van der Waals surface area contributed by atoms with Crippen molar-refractivity contribution in [2.24, 2.45) is 12.0 Å². The zero-order valence-electron chi connectivity index (χ0n) is 13.9. The van der Waals surface area contributed by atoms with Gasteiger partial charge in [-0.3, -0.25) is 9.48 Å². The van der Waals surface area contributed by atoms with Crippen LogP contribution in [0.2, 0.25) is 0 Å². The van der Waals surface area contributed by atoms with Crippen molar-refractivity contribution in [1.29, 1.82) is 0 Å². The third-order valence-electron chi connectivity index (χ3n) is 4.05. The molecule has 6 nitrogen and oxygen atoms in total. The molecule has 0 amide bonds. The Morgan fingerprint density at radius 1 is 1.08 bits per heavy atom. The van der Waals surface area contributed by atoms with Crippen molar-refractivity contribution in [3.05, 3.63) is 81.8 Å². The van der Waals surface area contributed by atoms with Crippen LogP contribution in [0.3, 0.4) is 0 Å². The number of carboxylic acids is 1. The number of nitrogens with zero attached hydrogens (tertiary/aromatic N) is 3. The second-order valence-electron chi connectivity index (χ2n) is 5.56. The molecular formula is C19H17N3O3. The Morgan fingerprint density at radius 3 is 2.40 bits per heavy atom. The van der Waals surface area contributed by atoms with Crippen LogP contribution in [0.4, 0.5) is 5.69 Å². The highest BCUT2D eigenvalue weighted by Gasteiger charge is 2.15. The van der Waals surface area contributed by atoms with E-state index in [1.165, 1.54) is 17.0 Å². The molecule has 0 bridgehead atoms. The fraction of sp³-hybridized carbons (Fsp3) is 0.105. The molecule has 3 rings (SSSR count). The van der Waals surface area contributed by atoms with E-state index in [2.05, 4.69) is 4.99 Å². The number of benzene rings is 2. The number of aliphatic imine (C=N–C) groups is 1. The molecule has 0 aliphatic heterocycles. The molecule has 2 aromatic carbocycles. The summed E-state index contributed by atoms with van der Waals surface area (Å²) in [5.74, 6) is -1.03. The van der Waals surface area contributed by atoms with Crippen LogP contribution in [0.25, 0.3) is 5.69 Å².